The first kappa shape index (κ1) is 18.7. The van der Waals surface area contributed by atoms with Crippen LogP contribution in [0.25, 0.3) is 10.9 Å². The number of rotatable bonds is 6. The Balaban J connectivity index is 1.35. The normalized spacial score (nSPS) is 10.8. The van der Waals surface area contributed by atoms with Gasteiger partial charge in [0.05, 0.1) is 0 Å². The maximum atomic E-state index is 12.6. The molecule has 0 unspecified atom stereocenters. The van der Waals surface area contributed by atoms with Crippen LogP contribution in [0.4, 0.5) is 0 Å². The molecule has 2 aromatic carbocycles. The average Bonchev–Trinajstić information content (AvgIpc) is 3.05. The quantitative estimate of drug-likeness (QED) is 0.506. The van der Waals surface area contributed by atoms with Crippen LogP contribution in [-0.4, -0.2) is 15.9 Å². The summed E-state index contributed by atoms with van der Waals surface area (Å²) < 4.78 is 5.77. The number of hydrogen-bond acceptors (Lipinski definition) is 3. The number of carbonyl (C=O) groups is 1. The van der Waals surface area contributed by atoms with Crippen LogP contribution in [0.5, 0.6) is 5.75 Å². The lowest BCUT2D eigenvalue weighted by molar-refractivity contribution is 0.0951. The number of nitrogens with one attached hydrogen (secondary N) is 2. The van der Waals surface area contributed by atoms with Crippen LogP contribution in [0.1, 0.15) is 32.7 Å². The average molecular weight is 385 g/mol. The molecule has 1 amide bonds. The molecule has 0 fully saturated rings. The highest BCUT2D eigenvalue weighted by atomic mass is 16.5. The summed E-state index contributed by atoms with van der Waals surface area (Å²) >= 11 is 0. The maximum absolute atomic E-state index is 12.6. The summed E-state index contributed by atoms with van der Waals surface area (Å²) in [6.07, 6.45) is 3.53. The van der Waals surface area contributed by atoms with Gasteiger partial charge in [0, 0.05) is 46.7 Å². The Morgan fingerprint density at radius 3 is 2.66 bits per heavy atom. The predicted octanol–water partition coefficient (Wildman–Crippen LogP) is 4.69. The van der Waals surface area contributed by atoms with Crippen LogP contribution < -0.4 is 10.1 Å². The van der Waals surface area contributed by atoms with E-state index >= 15 is 0 Å². The van der Waals surface area contributed by atoms with Gasteiger partial charge in [0.15, 0.2) is 0 Å². The monoisotopic (exact) mass is 385 g/mol. The summed E-state index contributed by atoms with van der Waals surface area (Å²) in [5.74, 6) is 0.703. The Hall–Kier alpha value is -3.60. The van der Waals surface area contributed by atoms with Gasteiger partial charge in [0.2, 0.25) is 0 Å². The van der Waals surface area contributed by atoms with Crippen LogP contribution in [0.2, 0.25) is 0 Å². The molecule has 2 heterocycles. The van der Waals surface area contributed by atoms with Gasteiger partial charge < -0.3 is 15.0 Å². The summed E-state index contributed by atoms with van der Waals surface area (Å²) in [6, 6.07) is 17.4. The number of aromatic nitrogens is 2. The molecule has 0 aliphatic heterocycles. The molecular weight excluding hydrogens is 362 g/mol. The van der Waals surface area contributed by atoms with Crippen molar-refractivity contribution < 1.29 is 9.53 Å². The molecule has 0 radical (unpaired) electrons. The molecular formula is C24H23N3O2. The Labute approximate surface area is 169 Å². The molecule has 2 N–H and O–H groups in total. The third kappa shape index (κ3) is 4.29. The van der Waals surface area contributed by atoms with E-state index in [-0.39, 0.29) is 5.91 Å². The first-order chi connectivity index (χ1) is 14.1. The van der Waals surface area contributed by atoms with Crippen molar-refractivity contribution in [2.24, 2.45) is 0 Å². The van der Waals surface area contributed by atoms with Crippen molar-refractivity contribution in [3.8, 4) is 5.75 Å². The highest BCUT2D eigenvalue weighted by Gasteiger charge is 2.10. The van der Waals surface area contributed by atoms with Crippen LogP contribution in [0.3, 0.4) is 0 Å². The van der Waals surface area contributed by atoms with Gasteiger partial charge in [-0.15, -0.1) is 0 Å². The summed E-state index contributed by atoms with van der Waals surface area (Å²) in [5, 5.41) is 4.07. The van der Waals surface area contributed by atoms with E-state index in [4.69, 9.17) is 4.74 Å². The van der Waals surface area contributed by atoms with Gasteiger partial charge in [-0.25, -0.2) is 0 Å². The van der Waals surface area contributed by atoms with Crippen LogP contribution in [-0.2, 0) is 13.2 Å². The molecule has 0 bridgehead atoms. The Bertz CT molecular complexity index is 1130. The highest BCUT2D eigenvalue weighted by molar-refractivity contribution is 5.99. The minimum atomic E-state index is -0.0814. The maximum Gasteiger partial charge on any atom is 0.251 e. The first-order valence-electron chi connectivity index (χ1n) is 9.58. The molecule has 4 aromatic rings. The lowest BCUT2D eigenvalue weighted by atomic mass is 10.1. The molecule has 4 rings (SSSR count). The molecule has 2 aromatic heterocycles. The van der Waals surface area contributed by atoms with Gasteiger partial charge in [0.1, 0.15) is 12.4 Å². The minimum Gasteiger partial charge on any atom is -0.489 e. The molecule has 0 saturated carbocycles. The number of aromatic amines is 1. The van der Waals surface area contributed by atoms with E-state index in [9.17, 15) is 4.79 Å². The fraction of sp³-hybridized carbons (Fsp3) is 0.167. The van der Waals surface area contributed by atoms with Gasteiger partial charge in [-0.2, -0.15) is 0 Å². The van der Waals surface area contributed by atoms with Gasteiger partial charge in [-0.3, -0.25) is 9.78 Å². The van der Waals surface area contributed by atoms with Crippen molar-refractivity contribution in [2.75, 3.05) is 0 Å². The summed E-state index contributed by atoms with van der Waals surface area (Å²) in [7, 11) is 0. The van der Waals surface area contributed by atoms with Gasteiger partial charge in [0.25, 0.3) is 5.91 Å². The Morgan fingerprint density at radius 2 is 1.90 bits per heavy atom. The molecule has 5 heteroatoms. The number of aryl methyl sites for hydroxylation is 2. The first-order valence-corrected chi connectivity index (χ1v) is 9.58. The minimum absolute atomic E-state index is 0.0814. The zero-order chi connectivity index (χ0) is 20.2. The number of carbonyl (C=O) groups excluding carboxylic acids is 1. The van der Waals surface area contributed by atoms with Crippen molar-refractivity contribution in [1.29, 1.82) is 0 Å². The summed E-state index contributed by atoms with van der Waals surface area (Å²) in [6.45, 7) is 5.04. The number of H-pyrrole nitrogens is 1. The van der Waals surface area contributed by atoms with Crippen molar-refractivity contribution >= 4 is 16.8 Å². The molecule has 29 heavy (non-hydrogen) atoms. The molecule has 0 aliphatic carbocycles. The van der Waals surface area contributed by atoms with E-state index in [1.54, 1.807) is 12.4 Å². The predicted molar refractivity (Wildman–Crippen MR) is 114 cm³/mol. The van der Waals surface area contributed by atoms with Gasteiger partial charge in [-0.1, -0.05) is 18.2 Å². The van der Waals surface area contributed by atoms with E-state index in [1.165, 1.54) is 5.56 Å². The fourth-order valence-electron chi connectivity index (χ4n) is 3.24. The molecule has 146 valence electrons. The second-order valence-corrected chi connectivity index (χ2v) is 7.11. The number of fused-ring (bicyclic) bond motifs is 1. The number of hydrogen-bond donors (Lipinski definition) is 2. The van der Waals surface area contributed by atoms with E-state index in [1.807, 2.05) is 61.5 Å². The van der Waals surface area contributed by atoms with E-state index in [0.717, 1.165) is 33.5 Å². The van der Waals surface area contributed by atoms with Crippen molar-refractivity contribution in [3.63, 3.8) is 0 Å². The summed E-state index contributed by atoms with van der Waals surface area (Å²) in [4.78, 5) is 20.0. The number of ether oxygens (including phenoxy) is 1. The van der Waals surface area contributed by atoms with Crippen molar-refractivity contribution in [2.45, 2.75) is 27.0 Å². The number of benzene rings is 2. The van der Waals surface area contributed by atoms with Gasteiger partial charge >= 0.3 is 0 Å². The topological polar surface area (TPSA) is 67.0 Å². The highest BCUT2D eigenvalue weighted by Crippen LogP contribution is 2.22. The number of pyridine rings is 1. The standard InChI is InChI=1S/C24H23N3O2/c1-16-17(2)27-23-10-7-20(12-22(16)23)24(28)26-14-18-5-8-21(9-6-18)29-15-19-4-3-11-25-13-19/h3-13,27H,14-15H2,1-2H3,(H,26,28). The summed E-state index contributed by atoms with van der Waals surface area (Å²) in [5.41, 5.74) is 6.06. The fourth-order valence-corrected chi connectivity index (χ4v) is 3.24. The molecule has 0 aliphatic rings. The zero-order valence-electron chi connectivity index (χ0n) is 16.5. The van der Waals surface area contributed by atoms with Gasteiger partial charge in [-0.05, 0) is 61.4 Å². The third-order valence-electron chi connectivity index (χ3n) is 5.08. The second kappa shape index (κ2) is 8.19. The lowest BCUT2D eigenvalue weighted by Gasteiger charge is -2.08. The van der Waals surface area contributed by atoms with Crippen LogP contribution >= 0.6 is 0 Å². The Morgan fingerprint density at radius 1 is 1.07 bits per heavy atom. The van der Waals surface area contributed by atoms with E-state index < -0.39 is 0 Å². The van der Waals surface area contributed by atoms with Crippen molar-refractivity contribution in [3.05, 3.63) is 94.9 Å². The smallest absolute Gasteiger partial charge is 0.251 e. The lowest BCUT2D eigenvalue weighted by Crippen LogP contribution is -2.22. The largest absolute Gasteiger partial charge is 0.489 e. The van der Waals surface area contributed by atoms with Crippen LogP contribution in [0, 0.1) is 13.8 Å². The SMILES string of the molecule is Cc1[nH]c2ccc(C(=O)NCc3ccc(OCc4cccnc4)cc3)cc2c1C. The second-order valence-electron chi connectivity index (χ2n) is 7.11. The number of amides is 1. The Kier molecular flexibility index (Phi) is 5.29. The molecule has 5 nitrogen and oxygen atoms in total. The van der Waals surface area contributed by atoms with Crippen LogP contribution in [0.15, 0.2) is 67.0 Å². The molecule has 0 spiro atoms. The van der Waals surface area contributed by atoms with Crippen molar-refractivity contribution in [1.82, 2.24) is 15.3 Å². The number of nitrogens with zero attached hydrogens (tertiary/aromatic N) is 1. The molecule has 0 atom stereocenters. The van der Waals surface area contributed by atoms with E-state index in [0.29, 0.717) is 18.7 Å². The third-order valence-corrected chi connectivity index (χ3v) is 5.08. The van der Waals surface area contributed by atoms with E-state index in [2.05, 4.69) is 22.2 Å². The molecule has 0 saturated heterocycles. The zero-order valence-corrected chi connectivity index (χ0v) is 16.5.